The number of carbonyl (C=O) groups is 1. The summed E-state index contributed by atoms with van der Waals surface area (Å²) in [6.45, 7) is 0.146. The Labute approximate surface area is 144 Å². The second-order valence-corrected chi connectivity index (χ2v) is 5.65. The number of hydrogen-bond acceptors (Lipinski definition) is 4. The van der Waals surface area contributed by atoms with E-state index in [0.29, 0.717) is 11.6 Å². The standard InChI is InChI=1S/C19H16N4O2/c1-25-14-9-6-13(7-10-14)8-11-17-21-19-15-4-2-3-5-16(15)20-18(24)12-23(19)22-17/h2-11H,12H2,1H3,(H,20,24). The number of rotatable bonds is 3. The number of fused-ring (bicyclic) bond motifs is 3. The van der Waals surface area contributed by atoms with Crippen molar-refractivity contribution in [1.29, 1.82) is 0 Å². The Kier molecular flexibility index (Phi) is 3.78. The number of amides is 1. The molecule has 3 aromatic rings. The minimum atomic E-state index is -0.109. The van der Waals surface area contributed by atoms with Gasteiger partial charge in [0.25, 0.3) is 0 Å². The van der Waals surface area contributed by atoms with Gasteiger partial charge < -0.3 is 10.1 Å². The number of ether oxygens (including phenoxy) is 1. The lowest BCUT2D eigenvalue weighted by atomic mass is 10.1. The van der Waals surface area contributed by atoms with Gasteiger partial charge in [0.05, 0.1) is 12.8 Å². The Hall–Kier alpha value is -3.41. The smallest absolute Gasteiger partial charge is 0.246 e. The third kappa shape index (κ3) is 3.01. The predicted octanol–water partition coefficient (Wildman–Crippen LogP) is 3.08. The highest BCUT2D eigenvalue weighted by atomic mass is 16.5. The van der Waals surface area contributed by atoms with Crippen LogP contribution in [0.1, 0.15) is 11.4 Å². The highest BCUT2D eigenvalue weighted by Crippen LogP contribution is 2.29. The van der Waals surface area contributed by atoms with Crippen LogP contribution >= 0.6 is 0 Å². The van der Waals surface area contributed by atoms with E-state index in [1.807, 2.05) is 60.7 Å². The fraction of sp³-hybridized carbons (Fsp3) is 0.105. The summed E-state index contributed by atoms with van der Waals surface area (Å²) in [6, 6.07) is 15.3. The Morgan fingerprint density at radius 2 is 1.92 bits per heavy atom. The lowest BCUT2D eigenvalue weighted by Gasteiger charge is -2.03. The van der Waals surface area contributed by atoms with Crippen molar-refractivity contribution in [2.75, 3.05) is 12.4 Å². The molecule has 0 fully saturated rings. The first kappa shape index (κ1) is 15.1. The van der Waals surface area contributed by atoms with Crippen molar-refractivity contribution in [1.82, 2.24) is 14.8 Å². The zero-order valence-corrected chi connectivity index (χ0v) is 13.6. The topological polar surface area (TPSA) is 69.0 Å². The second-order valence-electron chi connectivity index (χ2n) is 5.65. The summed E-state index contributed by atoms with van der Waals surface area (Å²) in [6.07, 6.45) is 3.77. The average molecular weight is 332 g/mol. The van der Waals surface area contributed by atoms with Gasteiger partial charge in [0.1, 0.15) is 12.3 Å². The number of benzene rings is 2. The van der Waals surface area contributed by atoms with Crippen LogP contribution in [0.5, 0.6) is 5.75 Å². The van der Waals surface area contributed by atoms with Gasteiger partial charge in [0, 0.05) is 5.56 Å². The molecule has 0 spiro atoms. The number of hydrogen-bond donors (Lipinski definition) is 1. The van der Waals surface area contributed by atoms with Gasteiger partial charge in [-0.1, -0.05) is 30.3 Å². The molecule has 124 valence electrons. The van der Waals surface area contributed by atoms with Crippen molar-refractivity contribution >= 4 is 23.7 Å². The van der Waals surface area contributed by atoms with Crippen molar-refractivity contribution in [3.05, 3.63) is 59.9 Å². The first-order valence-electron chi connectivity index (χ1n) is 7.89. The van der Waals surface area contributed by atoms with E-state index in [4.69, 9.17) is 4.74 Å². The molecule has 6 nitrogen and oxygen atoms in total. The molecule has 4 rings (SSSR count). The van der Waals surface area contributed by atoms with Crippen LogP contribution in [0.3, 0.4) is 0 Å². The molecule has 0 radical (unpaired) electrons. The largest absolute Gasteiger partial charge is 0.497 e. The Morgan fingerprint density at radius 1 is 1.12 bits per heavy atom. The van der Waals surface area contributed by atoms with E-state index in [0.717, 1.165) is 22.6 Å². The van der Waals surface area contributed by atoms with Crippen LogP contribution in [-0.2, 0) is 11.3 Å². The monoisotopic (exact) mass is 332 g/mol. The molecule has 2 aromatic carbocycles. The third-order valence-corrected chi connectivity index (χ3v) is 3.96. The summed E-state index contributed by atoms with van der Waals surface area (Å²) >= 11 is 0. The normalized spacial score (nSPS) is 13.1. The summed E-state index contributed by atoms with van der Waals surface area (Å²) < 4.78 is 6.79. The molecule has 1 amide bonds. The van der Waals surface area contributed by atoms with Crippen molar-refractivity contribution in [2.24, 2.45) is 0 Å². The fourth-order valence-electron chi connectivity index (χ4n) is 2.74. The van der Waals surface area contributed by atoms with E-state index in [1.54, 1.807) is 11.8 Å². The lowest BCUT2D eigenvalue weighted by molar-refractivity contribution is -0.116. The number of para-hydroxylation sites is 1. The lowest BCUT2D eigenvalue weighted by Crippen LogP contribution is -2.17. The molecule has 0 unspecified atom stereocenters. The molecule has 1 aliphatic rings. The average Bonchev–Trinajstić information content (AvgIpc) is 2.97. The van der Waals surface area contributed by atoms with Gasteiger partial charge in [-0.2, -0.15) is 5.10 Å². The van der Waals surface area contributed by atoms with Crippen LogP contribution in [0.25, 0.3) is 23.5 Å². The van der Waals surface area contributed by atoms with Gasteiger partial charge in [-0.05, 0) is 35.9 Å². The van der Waals surface area contributed by atoms with Crippen LogP contribution in [-0.4, -0.2) is 27.8 Å². The zero-order chi connectivity index (χ0) is 17.2. The van der Waals surface area contributed by atoms with Crippen molar-refractivity contribution in [3.8, 4) is 17.1 Å². The van der Waals surface area contributed by atoms with Crippen molar-refractivity contribution in [3.63, 3.8) is 0 Å². The molecule has 0 atom stereocenters. The van der Waals surface area contributed by atoms with Gasteiger partial charge in [-0.3, -0.25) is 4.79 Å². The van der Waals surface area contributed by atoms with E-state index in [1.165, 1.54) is 0 Å². The van der Waals surface area contributed by atoms with Gasteiger partial charge in [0.2, 0.25) is 5.91 Å². The van der Waals surface area contributed by atoms with E-state index >= 15 is 0 Å². The number of nitrogens with zero attached hydrogens (tertiary/aromatic N) is 3. The maximum absolute atomic E-state index is 12.0. The molecule has 0 aliphatic carbocycles. The molecule has 1 aromatic heterocycles. The fourth-order valence-corrected chi connectivity index (χ4v) is 2.74. The number of anilines is 1. The SMILES string of the molecule is COc1ccc(C=Cc2nc3n(n2)CC(=O)Nc2ccccc2-3)cc1. The van der Waals surface area contributed by atoms with Gasteiger partial charge in [-0.15, -0.1) is 0 Å². The number of aromatic nitrogens is 3. The van der Waals surface area contributed by atoms with Crippen molar-refractivity contribution < 1.29 is 9.53 Å². The Bertz CT molecular complexity index is 958. The first-order chi connectivity index (χ1) is 12.2. The van der Waals surface area contributed by atoms with Gasteiger partial charge in [-0.25, -0.2) is 9.67 Å². The number of nitrogens with one attached hydrogen (secondary N) is 1. The molecular formula is C19H16N4O2. The van der Waals surface area contributed by atoms with Gasteiger partial charge in [0.15, 0.2) is 11.6 Å². The van der Waals surface area contributed by atoms with Crippen LogP contribution < -0.4 is 10.1 Å². The molecule has 1 N–H and O–H groups in total. The summed E-state index contributed by atoms with van der Waals surface area (Å²) in [5.41, 5.74) is 2.64. The maximum atomic E-state index is 12.0. The Morgan fingerprint density at radius 3 is 2.72 bits per heavy atom. The maximum Gasteiger partial charge on any atom is 0.246 e. The molecule has 1 aliphatic heterocycles. The second kappa shape index (κ2) is 6.24. The van der Waals surface area contributed by atoms with Crippen LogP contribution in [0.4, 0.5) is 5.69 Å². The summed E-state index contributed by atoms with van der Waals surface area (Å²) in [4.78, 5) is 16.6. The summed E-state index contributed by atoms with van der Waals surface area (Å²) in [7, 11) is 1.64. The molecular weight excluding hydrogens is 316 g/mol. The summed E-state index contributed by atoms with van der Waals surface area (Å²) in [5.74, 6) is 1.95. The zero-order valence-electron chi connectivity index (χ0n) is 13.6. The third-order valence-electron chi connectivity index (χ3n) is 3.96. The van der Waals surface area contributed by atoms with E-state index in [2.05, 4.69) is 15.4 Å². The van der Waals surface area contributed by atoms with E-state index < -0.39 is 0 Å². The van der Waals surface area contributed by atoms with E-state index in [-0.39, 0.29) is 12.5 Å². The van der Waals surface area contributed by atoms with Crippen LogP contribution in [0.2, 0.25) is 0 Å². The van der Waals surface area contributed by atoms with Crippen molar-refractivity contribution in [2.45, 2.75) is 6.54 Å². The number of methoxy groups -OCH3 is 1. The van der Waals surface area contributed by atoms with Crippen LogP contribution in [0.15, 0.2) is 48.5 Å². The molecule has 25 heavy (non-hydrogen) atoms. The predicted molar refractivity (Wildman–Crippen MR) is 96.0 cm³/mol. The van der Waals surface area contributed by atoms with Gasteiger partial charge >= 0.3 is 0 Å². The number of carbonyl (C=O) groups excluding carboxylic acids is 1. The highest BCUT2D eigenvalue weighted by molar-refractivity contribution is 5.96. The molecule has 2 heterocycles. The minimum Gasteiger partial charge on any atom is -0.497 e. The Balaban J connectivity index is 1.67. The van der Waals surface area contributed by atoms with E-state index in [9.17, 15) is 4.79 Å². The highest BCUT2D eigenvalue weighted by Gasteiger charge is 2.20. The molecule has 0 saturated heterocycles. The molecule has 0 saturated carbocycles. The summed E-state index contributed by atoms with van der Waals surface area (Å²) in [5, 5.41) is 7.32. The van der Waals surface area contributed by atoms with Crippen LogP contribution in [0, 0.1) is 0 Å². The minimum absolute atomic E-state index is 0.109. The molecule has 6 heteroatoms. The molecule has 0 bridgehead atoms. The quantitative estimate of drug-likeness (QED) is 0.800. The first-order valence-corrected chi connectivity index (χ1v) is 7.89.